The Hall–Kier alpha value is -0.910. The second-order valence-electron chi connectivity index (χ2n) is 6.41. The van der Waals surface area contributed by atoms with Gasteiger partial charge < -0.3 is 9.64 Å². The molecule has 112 valence electrons. The van der Waals surface area contributed by atoms with Gasteiger partial charge in [-0.1, -0.05) is 0 Å². The molecular weight excluding hydrogens is 252 g/mol. The zero-order valence-electron chi connectivity index (χ0n) is 12.7. The van der Waals surface area contributed by atoms with Crippen LogP contribution in [0.25, 0.3) is 0 Å². The van der Waals surface area contributed by atoms with Crippen molar-refractivity contribution in [3.63, 3.8) is 0 Å². The van der Waals surface area contributed by atoms with Gasteiger partial charge in [0.15, 0.2) is 0 Å². The SMILES string of the molecule is CN(C)C[C@H]1CN(C2CCOCC2)Cc2ccnn2C1. The highest BCUT2D eigenvalue weighted by molar-refractivity contribution is 5.03. The van der Waals surface area contributed by atoms with Gasteiger partial charge in [0.05, 0.1) is 5.69 Å². The van der Waals surface area contributed by atoms with Crippen molar-refractivity contribution < 1.29 is 4.74 Å². The number of nitrogens with zero attached hydrogens (tertiary/aromatic N) is 4. The van der Waals surface area contributed by atoms with E-state index in [-0.39, 0.29) is 0 Å². The summed E-state index contributed by atoms with van der Waals surface area (Å²) in [7, 11) is 4.32. The zero-order valence-corrected chi connectivity index (χ0v) is 12.7. The van der Waals surface area contributed by atoms with E-state index in [1.165, 1.54) is 25.1 Å². The molecule has 0 amide bonds. The molecule has 3 rings (SSSR count). The van der Waals surface area contributed by atoms with E-state index in [9.17, 15) is 0 Å². The van der Waals surface area contributed by atoms with Crippen molar-refractivity contribution in [2.75, 3.05) is 40.4 Å². The molecule has 1 fully saturated rings. The summed E-state index contributed by atoms with van der Waals surface area (Å²) in [5, 5.41) is 4.50. The standard InChI is InChI=1S/C15H26N4O/c1-17(2)9-13-10-18(14-4-7-20-8-5-14)12-15-3-6-16-19(15)11-13/h3,6,13-14H,4-5,7-12H2,1-2H3/t13-/m0/s1. The normalized spacial score (nSPS) is 25.6. The molecule has 1 saturated heterocycles. The Morgan fingerprint density at radius 2 is 2.10 bits per heavy atom. The van der Waals surface area contributed by atoms with Gasteiger partial charge in [0, 0.05) is 57.5 Å². The van der Waals surface area contributed by atoms with Crippen LogP contribution in [0.2, 0.25) is 0 Å². The van der Waals surface area contributed by atoms with Gasteiger partial charge in [0.2, 0.25) is 0 Å². The first-order chi connectivity index (χ1) is 9.72. The zero-order chi connectivity index (χ0) is 13.9. The van der Waals surface area contributed by atoms with E-state index in [2.05, 4.69) is 39.7 Å². The largest absolute Gasteiger partial charge is 0.381 e. The Balaban J connectivity index is 1.76. The highest BCUT2D eigenvalue weighted by atomic mass is 16.5. The number of hydrogen-bond donors (Lipinski definition) is 0. The van der Waals surface area contributed by atoms with Gasteiger partial charge in [-0.3, -0.25) is 9.58 Å². The number of hydrogen-bond acceptors (Lipinski definition) is 4. The monoisotopic (exact) mass is 278 g/mol. The van der Waals surface area contributed by atoms with Gasteiger partial charge in [0.1, 0.15) is 0 Å². The summed E-state index contributed by atoms with van der Waals surface area (Å²) in [4.78, 5) is 4.96. The molecule has 3 heterocycles. The molecule has 2 aliphatic rings. The van der Waals surface area contributed by atoms with Crippen molar-refractivity contribution in [3.05, 3.63) is 18.0 Å². The molecule has 0 bridgehead atoms. The van der Waals surface area contributed by atoms with Gasteiger partial charge in [-0.2, -0.15) is 5.10 Å². The van der Waals surface area contributed by atoms with Crippen LogP contribution in [-0.4, -0.2) is 66.0 Å². The summed E-state index contributed by atoms with van der Waals surface area (Å²) in [6.45, 7) is 6.21. The summed E-state index contributed by atoms with van der Waals surface area (Å²) >= 11 is 0. The molecule has 5 heteroatoms. The predicted molar refractivity (Wildman–Crippen MR) is 78.5 cm³/mol. The van der Waals surface area contributed by atoms with E-state index in [0.29, 0.717) is 12.0 Å². The second kappa shape index (κ2) is 6.24. The number of aromatic nitrogens is 2. The quantitative estimate of drug-likeness (QED) is 0.828. The lowest BCUT2D eigenvalue weighted by molar-refractivity contribution is 0.0250. The van der Waals surface area contributed by atoms with Gasteiger partial charge in [-0.05, 0) is 33.0 Å². The van der Waals surface area contributed by atoms with E-state index in [1.807, 2.05) is 6.20 Å². The van der Waals surface area contributed by atoms with Crippen LogP contribution in [0.1, 0.15) is 18.5 Å². The first-order valence-electron chi connectivity index (χ1n) is 7.69. The van der Waals surface area contributed by atoms with Crippen LogP contribution in [0.4, 0.5) is 0 Å². The molecule has 1 aromatic rings. The van der Waals surface area contributed by atoms with Crippen molar-refractivity contribution in [3.8, 4) is 0 Å². The van der Waals surface area contributed by atoms with Gasteiger partial charge in [-0.15, -0.1) is 0 Å². The van der Waals surface area contributed by atoms with Crippen molar-refractivity contribution in [2.24, 2.45) is 5.92 Å². The predicted octanol–water partition coefficient (Wildman–Crippen LogP) is 1.06. The van der Waals surface area contributed by atoms with Crippen molar-refractivity contribution >= 4 is 0 Å². The average molecular weight is 278 g/mol. The lowest BCUT2D eigenvalue weighted by Gasteiger charge is -2.35. The van der Waals surface area contributed by atoms with E-state index in [1.54, 1.807) is 0 Å². The number of ether oxygens (including phenoxy) is 1. The highest BCUT2D eigenvalue weighted by Gasteiger charge is 2.28. The first kappa shape index (κ1) is 14.0. The average Bonchev–Trinajstić information content (AvgIpc) is 2.78. The lowest BCUT2D eigenvalue weighted by atomic mass is 10.0. The number of fused-ring (bicyclic) bond motifs is 1. The molecular formula is C15H26N4O. The molecule has 0 saturated carbocycles. The van der Waals surface area contributed by atoms with Gasteiger partial charge >= 0.3 is 0 Å². The molecule has 5 nitrogen and oxygen atoms in total. The van der Waals surface area contributed by atoms with Crippen LogP contribution < -0.4 is 0 Å². The maximum atomic E-state index is 5.52. The van der Waals surface area contributed by atoms with E-state index >= 15 is 0 Å². The lowest BCUT2D eigenvalue weighted by Crippen LogP contribution is -2.42. The van der Waals surface area contributed by atoms with Crippen LogP contribution in [0, 0.1) is 5.92 Å². The molecule has 2 aliphatic heterocycles. The minimum Gasteiger partial charge on any atom is -0.381 e. The minimum absolute atomic E-state index is 0.647. The van der Waals surface area contributed by atoms with Gasteiger partial charge in [0.25, 0.3) is 0 Å². The summed E-state index contributed by atoms with van der Waals surface area (Å²) < 4.78 is 7.72. The van der Waals surface area contributed by atoms with E-state index in [4.69, 9.17) is 4.74 Å². The molecule has 1 aromatic heterocycles. The minimum atomic E-state index is 0.647. The third-order valence-electron chi connectivity index (χ3n) is 4.42. The first-order valence-corrected chi connectivity index (χ1v) is 7.69. The molecule has 0 aromatic carbocycles. The molecule has 0 spiro atoms. The van der Waals surface area contributed by atoms with Crippen molar-refractivity contribution in [1.82, 2.24) is 19.6 Å². The Morgan fingerprint density at radius 3 is 2.85 bits per heavy atom. The van der Waals surface area contributed by atoms with Crippen LogP contribution in [0.15, 0.2) is 12.3 Å². The fourth-order valence-corrected chi connectivity index (χ4v) is 3.53. The molecule has 20 heavy (non-hydrogen) atoms. The maximum absolute atomic E-state index is 5.52. The fraction of sp³-hybridized carbons (Fsp3) is 0.800. The summed E-state index contributed by atoms with van der Waals surface area (Å²) in [6.07, 6.45) is 4.28. The summed E-state index contributed by atoms with van der Waals surface area (Å²) in [6, 6.07) is 2.85. The van der Waals surface area contributed by atoms with E-state index < -0.39 is 0 Å². The molecule has 1 atom stereocenters. The smallest absolute Gasteiger partial charge is 0.0524 e. The van der Waals surface area contributed by atoms with Crippen LogP contribution in [-0.2, 0) is 17.8 Å². The molecule has 0 N–H and O–H groups in total. The third-order valence-corrected chi connectivity index (χ3v) is 4.42. The van der Waals surface area contributed by atoms with Crippen LogP contribution in [0.5, 0.6) is 0 Å². The fourth-order valence-electron chi connectivity index (χ4n) is 3.53. The van der Waals surface area contributed by atoms with Crippen molar-refractivity contribution in [2.45, 2.75) is 32.0 Å². The van der Waals surface area contributed by atoms with Crippen LogP contribution in [0.3, 0.4) is 0 Å². The maximum Gasteiger partial charge on any atom is 0.0524 e. The van der Waals surface area contributed by atoms with Gasteiger partial charge in [-0.25, -0.2) is 0 Å². The Bertz CT molecular complexity index is 425. The number of rotatable bonds is 3. The van der Waals surface area contributed by atoms with Crippen LogP contribution >= 0.6 is 0 Å². The second-order valence-corrected chi connectivity index (χ2v) is 6.41. The molecule has 0 radical (unpaired) electrons. The topological polar surface area (TPSA) is 33.5 Å². The molecule has 0 aliphatic carbocycles. The van der Waals surface area contributed by atoms with E-state index in [0.717, 1.165) is 32.8 Å². The highest BCUT2D eigenvalue weighted by Crippen LogP contribution is 2.23. The summed E-state index contributed by atoms with van der Waals surface area (Å²) in [5.74, 6) is 0.647. The van der Waals surface area contributed by atoms with Crippen molar-refractivity contribution in [1.29, 1.82) is 0 Å². The Labute approximate surface area is 121 Å². The summed E-state index contributed by atoms with van der Waals surface area (Å²) in [5.41, 5.74) is 1.36. The Morgan fingerprint density at radius 1 is 1.30 bits per heavy atom. The third kappa shape index (κ3) is 3.22. The Kier molecular flexibility index (Phi) is 4.38. The molecule has 0 unspecified atom stereocenters.